The molecule has 4 atom stereocenters. The number of hydrogen-bond acceptors (Lipinski definition) is 9. The molecule has 0 bridgehead atoms. The van der Waals surface area contributed by atoms with E-state index in [1.165, 1.54) is 28.4 Å². The van der Waals surface area contributed by atoms with Crippen LogP contribution in [0.15, 0.2) is 75.1 Å². The van der Waals surface area contributed by atoms with Crippen LogP contribution in [-0.4, -0.2) is 88.7 Å². The lowest BCUT2D eigenvalue weighted by molar-refractivity contribution is -0.00833. The van der Waals surface area contributed by atoms with Crippen molar-refractivity contribution in [1.29, 1.82) is 0 Å². The quantitative estimate of drug-likeness (QED) is 0.330. The summed E-state index contributed by atoms with van der Waals surface area (Å²) in [5.74, 6) is -0.509. The molecule has 4 rings (SSSR count). The summed E-state index contributed by atoms with van der Waals surface area (Å²) in [5.41, 5.74) is 0.334. The summed E-state index contributed by atoms with van der Waals surface area (Å²) in [6.45, 7) is 5.75. The number of benzene rings is 2. The Hall–Kier alpha value is -3.01. The molecule has 1 amide bonds. The Morgan fingerprint density at radius 2 is 1.80 bits per heavy atom. The first-order valence-electron chi connectivity index (χ1n) is 15.2. The van der Waals surface area contributed by atoms with E-state index in [0.29, 0.717) is 18.8 Å². The van der Waals surface area contributed by atoms with E-state index in [1.807, 2.05) is 13.8 Å². The Bertz CT molecular complexity index is 1650. The van der Waals surface area contributed by atoms with Gasteiger partial charge in [-0.3, -0.25) is 9.52 Å². The minimum absolute atomic E-state index is 0.0542. The summed E-state index contributed by atoms with van der Waals surface area (Å²) in [5, 5.41) is 11.8. The fourth-order valence-corrected chi connectivity index (χ4v) is 8.44. The molecule has 0 radical (unpaired) electrons. The summed E-state index contributed by atoms with van der Waals surface area (Å²) in [6.07, 6.45) is 1.34. The number of carbonyl (C=O) groups excluding carboxylic acids is 1. The van der Waals surface area contributed by atoms with Crippen molar-refractivity contribution in [2.24, 2.45) is 5.92 Å². The average molecular weight is 694 g/mol. The number of aliphatic hydroxyl groups excluding tert-OH is 1. The number of nitrogens with zero attached hydrogens (tertiary/aromatic N) is 2. The summed E-state index contributed by atoms with van der Waals surface area (Å²) in [7, 11) is -6.16. The van der Waals surface area contributed by atoms with E-state index in [4.69, 9.17) is 9.47 Å². The standard InChI is InChI=1S/C32H43N3O8S3/c1-23-20-35(24(2)22-36)32(37)28-19-26(33-45(38,39)31-14-10-18-44-31)15-16-29(28)43-25(3)11-8-9-17-42-30(23)21-34(4)46(40,41)27-12-6-5-7-13-27/h5-7,10,12-16,18-19,23-25,30,33,36H,8-9,11,17,20-22H2,1-4H3/t23-,24+,25-,30-/m1/s1. The van der Waals surface area contributed by atoms with Crippen LogP contribution in [0.25, 0.3) is 0 Å². The Labute approximate surface area is 276 Å². The number of likely N-dealkylation sites (N-methyl/N-ethyl adjacent to an activating group) is 1. The van der Waals surface area contributed by atoms with Gasteiger partial charge in [-0.05, 0) is 74.9 Å². The first-order chi connectivity index (χ1) is 21.8. The number of sulfonamides is 2. The van der Waals surface area contributed by atoms with Gasteiger partial charge in [0.05, 0.1) is 35.3 Å². The number of thiophene rings is 1. The zero-order chi connectivity index (χ0) is 33.5. The number of carbonyl (C=O) groups is 1. The van der Waals surface area contributed by atoms with Crippen molar-refractivity contribution in [1.82, 2.24) is 9.21 Å². The average Bonchev–Trinajstić information content (AvgIpc) is 3.59. The molecule has 0 spiro atoms. The lowest BCUT2D eigenvalue weighted by Gasteiger charge is -2.35. The van der Waals surface area contributed by atoms with Gasteiger partial charge in [-0.2, -0.15) is 4.31 Å². The topological polar surface area (TPSA) is 143 Å². The molecule has 14 heteroatoms. The van der Waals surface area contributed by atoms with Crippen LogP contribution < -0.4 is 9.46 Å². The maximum absolute atomic E-state index is 14.3. The Kier molecular flexibility index (Phi) is 12.2. The van der Waals surface area contributed by atoms with Gasteiger partial charge in [0.2, 0.25) is 10.0 Å². The van der Waals surface area contributed by atoms with Crippen LogP contribution in [0, 0.1) is 5.92 Å². The van der Waals surface area contributed by atoms with Gasteiger partial charge in [0.15, 0.2) is 0 Å². The monoisotopic (exact) mass is 693 g/mol. The zero-order valence-electron chi connectivity index (χ0n) is 26.5. The molecule has 3 aromatic rings. The third kappa shape index (κ3) is 8.87. The van der Waals surface area contributed by atoms with Crippen LogP contribution in [0.2, 0.25) is 0 Å². The maximum Gasteiger partial charge on any atom is 0.271 e. The number of anilines is 1. The second-order valence-corrected chi connectivity index (χ2v) is 16.5. The van der Waals surface area contributed by atoms with Crippen LogP contribution in [0.3, 0.4) is 0 Å². The molecule has 1 aromatic heterocycles. The lowest BCUT2D eigenvalue weighted by Crippen LogP contribution is -2.48. The molecule has 46 heavy (non-hydrogen) atoms. The number of fused-ring (bicyclic) bond motifs is 1. The first kappa shape index (κ1) is 35.8. The van der Waals surface area contributed by atoms with Crippen molar-refractivity contribution in [2.45, 2.75) is 67.4 Å². The van der Waals surface area contributed by atoms with Crippen molar-refractivity contribution >= 4 is 43.0 Å². The van der Waals surface area contributed by atoms with Crippen molar-refractivity contribution in [3.8, 4) is 5.75 Å². The highest BCUT2D eigenvalue weighted by Gasteiger charge is 2.32. The molecule has 2 aromatic carbocycles. The summed E-state index contributed by atoms with van der Waals surface area (Å²) in [6, 6.07) is 15.3. The predicted molar refractivity (Wildman–Crippen MR) is 178 cm³/mol. The molecule has 0 fully saturated rings. The normalized spacial score (nSPS) is 21.2. The molecular formula is C32H43N3O8S3. The molecule has 0 aliphatic carbocycles. The highest BCUT2D eigenvalue weighted by molar-refractivity contribution is 7.94. The van der Waals surface area contributed by atoms with Crippen LogP contribution >= 0.6 is 11.3 Å². The zero-order valence-corrected chi connectivity index (χ0v) is 29.0. The molecular weight excluding hydrogens is 651 g/mol. The van der Waals surface area contributed by atoms with Crippen LogP contribution in [0.4, 0.5) is 5.69 Å². The van der Waals surface area contributed by atoms with Crippen molar-refractivity contribution in [3.05, 3.63) is 71.6 Å². The number of nitrogens with one attached hydrogen (secondary N) is 1. The molecule has 11 nitrogen and oxygen atoms in total. The van der Waals surface area contributed by atoms with Crippen molar-refractivity contribution in [3.63, 3.8) is 0 Å². The van der Waals surface area contributed by atoms with E-state index in [1.54, 1.807) is 60.8 Å². The van der Waals surface area contributed by atoms with Gasteiger partial charge < -0.3 is 19.5 Å². The highest BCUT2D eigenvalue weighted by atomic mass is 32.2. The van der Waals surface area contributed by atoms with Gasteiger partial charge >= 0.3 is 0 Å². The van der Waals surface area contributed by atoms with Gasteiger partial charge in [-0.1, -0.05) is 31.2 Å². The molecule has 2 heterocycles. The van der Waals surface area contributed by atoms with E-state index in [0.717, 1.165) is 24.2 Å². The van der Waals surface area contributed by atoms with E-state index in [-0.39, 0.29) is 52.1 Å². The van der Waals surface area contributed by atoms with Crippen LogP contribution in [0.5, 0.6) is 5.75 Å². The minimum Gasteiger partial charge on any atom is -0.490 e. The van der Waals surface area contributed by atoms with Gasteiger partial charge in [-0.15, -0.1) is 11.3 Å². The lowest BCUT2D eigenvalue weighted by atomic mass is 10.0. The largest absolute Gasteiger partial charge is 0.490 e. The predicted octanol–water partition coefficient (Wildman–Crippen LogP) is 4.67. The van der Waals surface area contributed by atoms with Gasteiger partial charge in [0, 0.05) is 38.3 Å². The number of rotatable bonds is 9. The Morgan fingerprint density at radius 1 is 1.07 bits per heavy atom. The second kappa shape index (κ2) is 15.7. The van der Waals surface area contributed by atoms with E-state index >= 15 is 0 Å². The van der Waals surface area contributed by atoms with Crippen LogP contribution in [0.1, 0.15) is 50.4 Å². The number of hydrogen-bond donors (Lipinski definition) is 2. The third-order valence-electron chi connectivity index (χ3n) is 7.95. The van der Waals surface area contributed by atoms with Crippen LogP contribution in [-0.2, 0) is 24.8 Å². The van der Waals surface area contributed by atoms with Gasteiger partial charge in [-0.25, -0.2) is 16.8 Å². The van der Waals surface area contributed by atoms with Crippen molar-refractivity contribution < 1.29 is 36.2 Å². The Morgan fingerprint density at radius 3 is 2.48 bits per heavy atom. The third-order valence-corrected chi connectivity index (χ3v) is 12.6. The van der Waals surface area contributed by atoms with E-state index < -0.39 is 38.1 Å². The maximum atomic E-state index is 14.3. The molecule has 1 aliphatic rings. The van der Waals surface area contributed by atoms with Gasteiger partial charge in [0.1, 0.15) is 9.96 Å². The number of amides is 1. The first-order valence-corrected chi connectivity index (χ1v) is 19.1. The Balaban J connectivity index is 1.67. The SMILES string of the molecule is C[C@@H]1CCCCO[C@H](CN(C)S(=O)(=O)c2ccccc2)[C@H](C)CN([C@@H](C)CO)C(=O)c2cc(NS(=O)(=O)c3cccs3)ccc2O1. The molecule has 0 unspecified atom stereocenters. The second-order valence-electron chi connectivity index (χ2n) is 11.6. The van der Waals surface area contributed by atoms with E-state index in [2.05, 4.69) is 4.72 Å². The molecule has 0 saturated heterocycles. The molecule has 0 saturated carbocycles. The summed E-state index contributed by atoms with van der Waals surface area (Å²) in [4.78, 5) is 16.0. The van der Waals surface area contributed by atoms with Crippen molar-refractivity contribution in [2.75, 3.05) is 38.1 Å². The molecule has 2 N–H and O–H groups in total. The smallest absolute Gasteiger partial charge is 0.271 e. The minimum atomic E-state index is -3.88. The fourth-order valence-electron chi connectivity index (χ4n) is 5.19. The van der Waals surface area contributed by atoms with Gasteiger partial charge in [0.25, 0.3) is 15.9 Å². The number of aliphatic hydroxyl groups is 1. The molecule has 1 aliphatic heterocycles. The van der Waals surface area contributed by atoms with E-state index in [9.17, 15) is 26.7 Å². The fraction of sp³-hybridized carbons (Fsp3) is 0.469. The summed E-state index contributed by atoms with van der Waals surface area (Å²) < 4.78 is 69.1. The summed E-state index contributed by atoms with van der Waals surface area (Å²) >= 11 is 1.08. The highest BCUT2D eigenvalue weighted by Crippen LogP contribution is 2.30. The number of ether oxygens (including phenoxy) is 2. The molecule has 252 valence electrons.